The highest BCUT2D eigenvalue weighted by molar-refractivity contribution is 5.41. The van der Waals surface area contributed by atoms with Crippen molar-refractivity contribution >= 4 is 0 Å². The first-order valence-corrected chi connectivity index (χ1v) is 7.33. The summed E-state index contributed by atoms with van der Waals surface area (Å²) in [4.78, 5) is 7.57. The van der Waals surface area contributed by atoms with Gasteiger partial charge < -0.3 is 15.5 Å². The van der Waals surface area contributed by atoms with Crippen molar-refractivity contribution in [3.63, 3.8) is 0 Å². The summed E-state index contributed by atoms with van der Waals surface area (Å²) in [7, 11) is 0. The Balaban J connectivity index is 1.68. The minimum absolute atomic E-state index is 0.487. The first kappa shape index (κ1) is 13.2. The van der Waals surface area contributed by atoms with E-state index in [2.05, 4.69) is 28.2 Å². The number of H-pyrrole nitrogens is 1. The van der Waals surface area contributed by atoms with Crippen LogP contribution in [-0.2, 0) is 25.9 Å². The van der Waals surface area contributed by atoms with Crippen LogP contribution in [0.4, 0.5) is 0 Å². The Hall–Kier alpha value is -1.81. The van der Waals surface area contributed by atoms with Crippen molar-refractivity contribution in [2.45, 2.75) is 38.7 Å². The van der Waals surface area contributed by atoms with Crippen molar-refractivity contribution in [1.82, 2.24) is 9.97 Å². The van der Waals surface area contributed by atoms with Gasteiger partial charge in [0.25, 0.3) is 0 Å². The Morgan fingerprint density at radius 2 is 2.15 bits per heavy atom. The van der Waals surface area contributed by atoms with Gasteiger partial charge in [-0.05, 0) is 49.4 Å². The molecule has 0 radical (unpaired) electrons. The Morgan fingerprint density at radius 3 is 3.05 bits per heavy atom. The normalized spacial score (nSPS) is 14.1. The zero-order valence-corrected chi connectivity index (χ0v) is 11.7. The maximum atomic E-state index is 5.96. The highest BCUT2D eigenvalue weighted by Gasteiger charge is 2.14. The van der Waals surface area contributed by atoms with Gasteiger partial charge in [-0.1, -0.05) is 12.1 Å². The first-order chi connectivity index (χ1) is 9.86. The lowest BCUT2D eigenvalue weighted by Gasteiger charge is -2.19. The molecule has 4 heteroatoms. The van der Waals surface area contributed by atoms with Crippen LogP contribution in [0.1, 0.15) is 35.5 Å². The van der Waals surface area contributed by atoms with Crippen LogP contribution in [-0.4, -0.2) is 16.5 Å². The van der Waals surface area contributed by atoms with Crippen molar-refractivity contribution < 1.29 is 4.74 Å². The highest BCUT2D eigenvalue weighted by atomic mass is 16.5. The Morgan fingerprint density at radius 1 is 1.25 bits per heavy atom. The van der Waals surface area contributed by atoms with Crippen LogP contribution in [0.15, 0.2) is 24.4 Å². The largest absolute Gasteiger partial charge is 0.485 e. The zero-order chi connectivity index (χ0) is 13.8. The number of nitrogens with two attached hydrogens (primary N) is 1. The molecule has 3 N–H and O–H groups in total. The number of hydrogen-bond donors (Lipinski definition) is 2. The average molecular weight is 271 g/mol. The van der Waals surface area contributed by atoms with E-state index < -0.39 is 0 Å². The smallest absolute Gasteiger partial charge is 0.146 e. The molecule has 0 aliphatic heterocycles. The van der Waals surface area contributed by atoms with E-state index >= 15 is 0 Å². The molecule has 20 heavy (non-hydrogen) atoms. The van der Waals surface area contributed by atoms with Gasteiger partial charge in [-0.25, -0.2) is 4.98 Å². The summed E-state index contributed by atoms with van der Waals surface area (Å²) in [5, 5.41) is 0. The Labute approximate surface area is 119 Å². The van der Waals surface area contributed by atoms with Crippen LogP contribution >= 0.6 is 0 Å². The second-order valence-corrected chi connectivity index (χ2v) is 5.28. The van der Waals surface area contributed by atoms with Gasteiger partial charge in [-0.15, -0.1) is 0 Å². The quantitative estimate of drug-likeness (QED) is 0.877. The van der Waals surface area contributed by atoms with Crippen LogP contribution in [0.5, 0.6) is 5.75 Å². The highest BCUT2D eigenvalue weighted by Crippen LogP contribution is 2.29. The van der Waals surface area contributed by atoms with Crippen LogP contribution in [0.25, 0.3) is 0 Å². The number of imidazole rings is 1. The molecular weight excluding hydrogens is 250 g/mol. The van der Waals surface area contributed by atoms with Crippen LogP contribution in [0, 0.1) is 0 Å². The van der Waals surface area contributed by atoms with Crippen molar-refractivity contribution in [3.05, 3.63) is 47.0 Å². The van der Waals surface area contributed by atoms with Crippen molar-refractivity contribution in [3.8, 4) is 5.75 Å². The lowest BCUT2D eigenvalue weighted by Crippen LogP contribution is -2.07. The van der Waals surface area contributed by atoms with E-state index in [-0.39, 0.29) is 0 Å². The third kappa shape index (κ3) is 2.85. The Bertz CT molecular complexity index is 577. The van der Waals surface area contributed by atoms with Gasteiger partial charge in [0.15, 0.2) is 0 Å². The van der Waals surface area contributed by atoms with E-state index in [4.69, 9.17) is 10.5 Å². The number of aromatic amines is 1. The monoisotopic (exact) mass is 271 g/mol. The summed E-state index contributed by atoms with van der Waals surface area (Å²) in [5.74, 6) is 1.88. The summed E-state index contributed by atoms with van der Waals surface area (Å²) in [6, 6.07) is 6.36. The van der Waals surface area contributed by atoms with Gasteiger partial charge in [0.1, 0.15) is 18.2 Å². The van der Waals surface area contributed by atoms with E-state index in [1.165, 1.54) is 30.4 Å². The van der Waals surface area contributed by atoms with E-state index in [9.17, 15) is 0 Å². The van der Waals surface area contributed by atoms with Gasteiger partial charge >= 0.3 is 0 Å². The number of fused-ring (bicyclic) bond motifs is 1. The van der Waals surface area contributed by atoms with Crippen LogP contribution < -0.4 is 10.5 Å². The van der Waals surface area contributed by atoms with Gasteiger partial charge in [0.05, 0.1) is 0 Å². The molecule has 4 nitrogen and oxygen atoms in total. The number of hydrogen-bond acceptors (Lipinski definition) is 3. The molecule has 1 aliphatic carbocycles. The predicted octanol–water partition coefficient (Wildman–Crippen LogP) is 2.37. The third-order valence-corrected chi connectivity index (χ3v) is 3.81. The first-order valence-electron chi connectivity index (χ1n) is 7.33. The topological polar surface area (TPSA) is 63.9 Å². The molecule has 0 bridgehead atoms. The maximum absolute atomic E-state index is 5.96. The van der Waals surface area contributed by atoms with E-state index in [1.807, 2.05) is 6.20 Å². The molecular formula is C16H21N3O. The molecule has 0 saturated carbocycles. The van der Waals surface area contributed by atoms with Crippen molar-refractivity contribution in [2.75, 3.05) is 6.54 Å². The number of nitrogens with one attached hydrogen (secondary N) is 1. The minimum atomic E-state index is 0.487. The average Bonchev–Trinajstić information content (AvgIpc) is 2.93. The molecule has 1 aromatic heterocycles. The predicted molar refractivity (Wildman–Crippen MR) is 78.8 cm³/mol. The molecule has 106 valence electrons. The summed E-state index contributed by atoms with van der Waals surface area (Å²) in [6.07, 6.45) is 7.52. The molecule has 1 aromatic carbocycles. The summed E-state index contributed by atoms with van der Waals surface area (Å²) in [5.41, 5.74) is 9.43. The fourth-order valence-corrected chi connectivity index (χ4v) is 2.79. The molecule has 0 saturated heterocycles. The number of nitrogens with zero attached hydrogens (tertiary/aromatic N) is 1. The number of benzene rings is 1. The maximum Gasteiger partial charge on any atom is 0.146 e. The van der Waals surface area contributed by atoms with E-state index in [0.717, 1.165) is 30.1 Å². The Kier molecular flexibility index (Phi) is 4.02. The zero-order valence-electron chi connectivity index (χ0n) is 11.7. The molecule has 0 fully saturated rings. The van der Waals surface area contributed by atoms with Crippen molar-refractivity contribution in [2.24, 2.45) is 5.73 Å². The summed E-state index contributed by atoms with van der Waals surface area (Å²) < 4.78 is 5.96. The fraction of sp³-hybridized carbons (Fsp3) is 0.438. The van der Waals surface area contributed by atoms with Gasteiger partial charge in [0.2, 0.25) is 0 Å². The lowest BCUT2D eigenvalue weighted by atomic mass is 9.91. The SMILES string of the molecule is NCCc1cnc(COc2cccc3c2CCCC3)[nH]1. The molecule has 0 atom stereocenters. The van der Waals surface area contributed by atoms with Crippen molar-refractivity contribution in [1.29, 1.82) is 0 Å². The molecule has 1 heterocycles. The molecule has 0 spiro atoms. The number of rotatable bonds is 5. The second kappa shape index (κ2) is 6.09. The van der Waals surface area contributed by atoms with Gasteiger partial charge in [-0.3, -0.25) is 0 Å². The number of aromatic nitrogens is 2. The molecule has 2 aromatic rings. The van der Waals surface area contributed by atoms with Gasteiger partial charge in [0, 0.05) is 18.3 Å². The fourth-order valence-electron chi connectivity index (χ4n) is 2.79. The lowest BCUT2D eigenvalue weighted by molar-refractivity contribution is 0.292. The van der Waals surface area contributed by atoms with Crippen LogP contribution in [0.2, 0.25) is 0 Å². The van der Waals surface area contributed by atoms with Crippen LogP contribution in [0.3, 0.4) is 0 Å². The van der Waals surface area contributed by atoms with E-state index in [0.29, 0.717) is 13.2 Å². The molecule has 3 rings (SSSR count). The van der Waals surface area contributed by atoms with Gasteiger partial charge in [-0.2, -0.15) is 0 Å². The second-order valence-electron chi connectivity index (χ2n) is 5.28. The molecule has 0 amide bonds. The standard InChI is InChI=1S/C16H21N3O/c17-9-8-13-10-18-16(19-13)11-20-15-7-3-5-12-4-1-2-6-14(12)15/h3,5,7,10H,1-2,4,6,8-9,11,17H2,(H,18,19). The molecule has 0 unspecified atom stereocenters. The van der Waals surface area contributed by atoms with E-state index in [1.54, 1.807) is 0 Å². The summed E-state index contributed by atoms with van der Waals surface area (Å²) >= 11 is 0. The molecule has 1 aliphatic rings. The number of aryl methyl sites for hydroxylation is 1. The third-order valence-electron chi connectivity index (χ3n) is 3.81. The summed E-state index contributed by atoms with van der Waals surface area (Å²) in [6.45, 7) is 1.12. The minimum Gasteiger partial charge on any atom is -0.485 e. The number of ether oxygens (including phenoxy) is 1.